The third-order valence-corrected chi connectivity index (χ3v) is 5.87. The van der Waals surface area contributed by atoms with E-state index in [1.165, 1.54) is 19.2 Å². The van der Waals surface area contributed by atoms with Gasteiger partial charge in [0.1, 0.15) is 9.09 Å². The second-order valence-electron chi connectivity index (χ2n) is 4.88. The molecule has 0 aliphatic rings. The van der Waals surface area contributed by atoms with Crippen LogP contribution in [0.25, 0.3) is 0 Å². The van der Waals surface area contributed by atoms with Crippen LogP contribution in [0.15, 0.2) is 16.3 Å². The van der Waals surface area contributed by atoms with E-state index in [0.717, 1.165) is 4.31 Å². The fraction of sp³-hybridized carbons (Fsp3) is 0.500. The van der Waals surface area contributed by atoms with Gasteiger partial charge in [0.2, 0.25) is 5.91 Å². The van der Waals surface area contributed by atoms with Gasteiger partial charge >= 0.3 is 5.97 Å². The molecule has 0 unspecified atom stereocenters. The van der Waals surface area contributed by atoms with E-state index in [2.05, 4.69) is 5.32 Å². The lowest BCUT2D eigenvalue weighted by molar-refractivity contribution is -0.121. The van der Waals surface area contributed by atoms with E-state index in [4.69, 9.17) is 5.11 Å². The highest BCUT2D eigenvalue weighted by atomic mass is 32.2. The van der Waals surface area contributed by atoms with Crippen LogP contribution in [0, 0.1) is 5.92 Å². The Hall–Kier alpha value is -1.45. The van der Waals surface area contributed by atoms with Crippen molar-refractivity contribution in [1.82, 2.24) is 9.62 Å². The standard InChI is InChI=1S/C12H18N2O5S2/c1-8(2)6-13-10(15)7-14(3)21(18,19)11-5-4-9(20-11)12(16)17/h4-5,8H,6-7H2,1-3H3,(H,13,15)(H,16,17). The Bertz CT molecular complexity index is 621. The van der Waals surface area contributed by atoms with Crippen LogP contribution in [-0.2, 0) is 14.8 Å². The number of nitrogens with zero attached hydrogens (tertiary/aromatic N) is 1. The zero-order valence-electron chi connectivity index (χ0n) is 12.0. The number of thiophene rings is 1. The fourth-order valence-corrected chi connectivity index (χ4v) is 3.87. The Morgan fingerprint density at radius 2 is 2.00 bits per heavy atom. The fourth-order valence-electron chi connectivity index (χ4n) is 1.39. The van der Waals surface area contributed by atoms with Gasteiger partial charge in [0.25, 0.3) is 10.0 Å². The highest BCUT2D eigenvalue weighted by Gasteiger charge is 2.25. The lowest BCUT2D eigenvalue weighted by Crippen LogP contribution is -2.39. The number of hydrogen-bond donors (Lipinski definition) is 2. The number of hydrogen-bond acceptors (Lipinski definition) is 5. The van der Waals surface area contributed by atoms with E-state index in [0.29, 0.717) is 17.9 Å². The minimum atomic E-state index is -3.86. The summed E-state index contributed by atoms with van der Waals surface area (Å²) in [5.41, 5.74) is 0. The minimum absolute atomic E-state index is 0.0637. The van der Waals surface area contributed by atoms with Crippen molar-refractivity contribution in [3.05, 3.63) is 17.0 Å². The van der Waals surface area contributed by atoms with Crippen molar-refractivity contribution in [1.29, 1.82) is 0 Å². The molecule has 0 radical (unpaired) electrons. The van der Waals surface area contributed by atoms with Crippen LogP contribution in [0.3, 0.4) is 0 Å². The molecule has 1 heterocycles. The maximum absolute atomic E-state index is 12.2. The molecular formula is C12H18N2O5S2. The molecule has 0 spiro atoms. The molecule has 7 nitrogen and oxygen atoms in total. The van der Waals surface area contributed by atoms with Gasteiger partial charge in [0, 0.05) is 13.6 Å². The second kappa shape index (κ2) is 7.01. The molecule has 0 aliphatic heterocycles. The molecule has 9 heteroatoms. The van der Waals surface area contributed by atoms with Gasteiger partial charge in [-0.05, 0) is 18.1 Å². The zero-order valence-corrected chi connectivity index (χ0v) is 13.6. The van der Waals surface area contributed by atoms with Gasteiger partial charge in [-0.2, -0.15) is 4.31 Å². The Balaban J connectivity index is 2.77. The number of rotatable bonds is 7. The number of carboxylic acid groups (broad SMARTS) is 1. The van der Waals surface area contributed by atoms with Crippen LogP contribution < -0.4 is 5.32 Å². The van der Waals surface area contributed by atoms with Crippen molar-refractivity contribution in [2.24, 2.45) is 5.92 Å². The summed E-state index contributed by atoms with van der Waals surface area (Å²) in [6.45, 7) is 4.02. The molecule has 0 bridgehead atoms. The molecule has 0 fully saturated rings. The topological polar surface area (TPSA) is 104 Å². The molecule has 1 aromatic rings. The molecule has 0 aromatic carbocycles. The first-order chi connectivity index (χ1) is 9.64. The summed E-state index contributed by atoms with van der Waals surface area (Å²) in [7, 11) is -2.58. The van der Waals surface area contributed by atoms with Gasteiger partial charge in [-0.3, -0.25) is 4.79 Å². The van der Waals surface area contributed by atoms with Crippen LogP contribution in [0.5, 0.6) is 0 Å². The quantitative estimate of drug-likeness (QED) is 0.769. The van der Waals surface area contributed by atoms with Gasteiger partial charge in [0.05, 0.1) is 6.54 Å². The maximum atomic E-state index is 12.2. The van der Waals surface area contributed by atoms with Crippen molar-refractivity contribution >= 4 is 33.2 Å². The summed E-state index contributed by atoms with van der Waals surface area (Å²) < 4.78 is 25.2. The average molecular weight is 334 g/mol. The monoisotopic (exact) mass is 334 g/mol. The molecule has 118 valence electrons. The number of sulfonamides is 1. The maximum Gasteiger partial charge on any atom is 0.345 e. The second-order valence-corrected chi connectivity index (χ2v) is 8.24. The summed E-state index contributed by atoms with van der Waals surface area (Å²) >= 11 is 0.661. The van der Waals surface area contributed by atoms with Gasteiger partial charge in [-0.15, -0.1) is 11.3 Å². The van der Waals surface area contributed by atoms with Crippen molar-refractivity contribution in [2.45, 2.75) is 18.1 Å². The first-order valence-electron chi connectivity index (χ1n) is 6.20. The minimum Gasteiger partial charge on any atom is -0.477 e. The molecule has 1 amide bonds. The lowest BCUT2D eigenvalue weighted by Gasteiger charge is -2.16. The van der Waals surface area contributed by atoms with E-state index in [1.54, 1.807) is 0 Å². The number of carbonyl (C=O) groups excluding carboxylic acids is 1. The normalized spacial score (nSPS) is 11.9. The SMILES string of the molecule is CC(C)CNC(=O)CN(C)S(=O)(=O)c1ccc(C(=O)O)s1. The largest absolute Gasteiger partial charge is 0.477 e. The van der Waals surface area contributed by atoms with Gasteiger partial charge in [0.15, 0.2) is 0 Å². The molecule has 0 saturated carbocycles. The van der Waals surface area contributed by atoms with Crippen molar-refractivity contribution < 1.29 is 23.1 Å². The van der Waals surface area contributed by atoms with E-state index in [9.17, 15) is 18.0 Å². The smallest absolute Gasteiger partial charge is 0.345 e. The summed E-state index contributed by atoms with van der Waals surface area (Å²) in [4.78, 5) is 22.4. The van der Waals surface area contributed by atoms with Crippen molar-refractivity contribution in [3.8, 4) is 0 Å². The number of nitrogens with one attached hydrogen (secondary N) is 1. The van der Waals surface area contributed by atoms with E-state index >= 15 is 0 Å². The van der Waals surface area contributed by atoms with E-state index in [-0.39, 0.29) is 21.5 Å². The Morgan fingerprint density at radius 1 is 1.38 bits per heavy atom. The molecule has 21 heavy (non-hydrogen) atoms. The summed E-state index contributed by atoms with van der Waals surface area (Å²) in [5.74, 6) is -1.31. The molecule has 0 saturated heterocycles. The Morgan fingerprint density at radius 3 is 2.48 bits per heavy atom. The Kier molecular flexibility index (Phi) is 5.87. The number of amides is 1. The number of likely N-dealkylation sites (N-methyl/N-ethyl adjacent to an activating group) is 1. The van der Waals surface area contributed by atoms with Crippen LogP contribution in [-0.4, -0.2) is 49.8 Å². The van der Waals surface area contributed by atoms with Gasteiger partial charge < -0.3 is 10.4 Å². The van der Waals surface area contributed by atoms with Crippen LogP contribution in [0.4, 0.5) is 0 Å². The van der Waals surface area contributed by atoms with Gasteiger partial charge in [-0.25, -0.2) is 13.2 Å². The predicted molar refractivity (Wildman–Crippen MR) is 78.9 cm³/mol. The molecule has 1 rings (SSSR count). The number of aromatic carboxylic acids is 1. The van der Waals surface area contributed by atoms with Crippen LogP contribution in [0.2, 0.25) is 0 Å². The first-order valence-corrected chi connectivity index (χ1v) is 8.46. The van der Waals surface area contributed by atoms with Crippen molar-refractivity contribution in [2.75, 3.05) is 20.1 Å². The van der Waals surface area contributed by atoms with E-state index < -0.39 is 21.9 Å². The molecule has 2 N–H and O–H groups in total. The molecule has 0 aliphatic carbocycles. The first kappa shape index (κ1) is 17.6. The summed E-state index contributed by atoms with van der Waals surface area (Å²) in [6, 6.07) is 2.46. The molecule has 1 aromatic heterocycles. The summed E-state index contributed by atoms with van der Waals surface area (Å²) in [5, 5.41) is 11.4. The highest BCUT2D eigenvalue weighted by molar-refractivity contribution is 7.91. The predicted octanol–water partition coefficient (Wildman–Crippen LogP) is 0.839. The molecule has 0 atom stereocenters. The van der Waals surface area contributed by atoms with Crippen LogP contribution in [0.1, 0.15) is 23.5 Å². The average Bonchev–Trinajstić information content (AvgIpc) is 2.86. The van der Waals surface area contributed by atoms with Gasteiger partial charge in [-0.1, -0.05) is 13.8 Å². The number of carboxylic acids is 1. The third kappa shape index (κ3) is 4.80. The number of carbonyl (C=O) groups is 2. The van der Waals surface area contributed by atoms with Crippen LogP contribution >= 0.6 is 11.3 Å². The van der Waals surface area contributed by atoms with Crippen molar-refractivity contribution in [3.63, 3.8) is 0 Å². The third-order valence-electron chi connectivity index (χ3n) is 2.53. The lowest BCUT2D eigenvalue weighted by atomic mass is 10.2. The Labute approximate surface area is 127 Å². The molecular weight excluding hydrogens is 316 g/mol. The van der Waals surface area contributed by atoms with E-state index in [1.807, 2.05) is 13.8 Å². The highest BCUT2D eigenvalue weighted by Crippen LogP contribution is 2.24. The summed E-state index contributed by atoms with van der Waals surface area (Å²) in [6.07, 6.45) is 0. The zero-order chi connectivity index (χ0) is 16.2.